The fraction of sp³-hybridized carbons (Fsp3) is 0.100. The molecule has 3 rings (SSSR count). The summed E-state index contributed by atoms with van der Waals surface area (Å²) in [6.07, 6.45) is 0. The van der Waals surface area contributed by atoms with Gasteiger partial charge in [-0.3, -0.25) is 4.72 Å². The minimum Gasteiger partial charge on any atom is -0.439 e. The van der Waals surface area contributed by atoms with E-state index in [0.29, 0.717) is 33.6 Å². The molecule has 0 amide bonds. The molecule has 1 aromatic heterocycles. The number of nitrogens with zero attached hydrogens (tertiary/aromatic N) is 1. The van der Waals surface area contributed by atoms with Gasteiger partial charge >= 0.3 is 0 Å². The highest BCUT2D eigenvalue weighted by Crippen LogP contribution is 2.26. The largest absolute Gasteiger partial charge is 0.439 e. The molecule has 0 saturated heterocycles. The number of hydrogen-bond donors (Lipinski definition) is 2. The number of sulfonamides is 1. The van der Waals surface area contributed by atoms with Crippen LogP contribution in [-0.2, 0) is 10.0 Å². The lowest BCUT2D eigenvalue weighted by Gasteiger charge is -2.11. The van der Waals surface area contributed by atoms with Gasteiger partial charge in [-0.1, -0.05) is 41.5 Å². The number of hydrogen-bond acceptors (Lipinski definition) is 5. The summed E-state index contributed by atoms with van der Waals surface area (Å²) in [7, 11) is -3.78. The number of halogens is 2. The molecular weight excluding hydrogens is 465 g/mol. The van der Waals surface area contributed by atoms with Crippen LogP contribution in [0.3, 0.4) is 0 Å². The van der Waals surface area contributed by atoms with Gasteiger partial charge in [0, 0.05) is 29.3 Å². The molecule has 0 spiro atoms. The van der Waals surface area contributed by atoms with Crippen LogP contribution in [-0.4, -0.2) is 24.9 Å². The second-order valence-electron chi connectivity index (χ2n) is 6.07. The molecule has 30 heavy (non-hydrogen) atoms. The van der Waals surface area contributed by atoms with Crippen molar-refractivity contribution in [3.63, 3.8) is 0 Å². The van der Waals surface area contributed by atoms with E-state index in [0.717, 1.165) is 0 Å². The number of benzene rings is 2. The smallest absolute Gasteiger partial charge is 0.261 e. The van der Waals surface area contributed by atoms with Crippen LogP contribution in [0.2, 0.25) is 10.2 Å². The van der Waals surface area contributed by atoms with Crippen LogP contribution in [0.1, 0.15) is 12.5 Å². The lowest BCUT2D eigenvalue weighted by atomic mass is 10.2. The van der Waals surface area contributed by atoms with Crippen LogP contribution < -0.4 is 14.8 Å². The van der Waals surface area contributed by atoms with Gasteiger partial charge in [0.2, 0.25) is 5.88 Å². The molecule has 0 saturated carbocycles. The number of thiocarbonyl (C=S) groups is 1. The molecule has 0 bridgehead atoms. The van der Waals surface area contributed by atoms with Gasteiger partial charge in [0.15, 0.2) is 0 Å². The van der Waals surface area contributed by atoms with Gasteiger partial charge in [0.25, 0.3) is 10.0 Å². The SMILES string of the molecule is CCNC(=S)c1cc(Cl)nc(Oc2cccc(NS(=O)(=O)c3ccc(Cl)cc3)c2)c1. The molecule has 0 fully saturated rings. The predicted octanol–water partition coefficient (Wildman–Crippen LogP) is 5.27. The molecule has 0 aliphatic heterocycles. The van der Waals surface area contributed by atoms with Crippen molar-refractivity contribution in [3.05, 3.63) is 76.4 Å². The molecule has 6 nitrogen and oxygen atoms in total. The van der Waals surface area contributed by atoms with Crippen LogP contribution in [0.5, 0.6) is 11.6 Å². The number of ether oxygens (including phenoxy) is 1. The zero-order chi connectivity index (χ0) is 21.7. The maximum atomic E-state index is 12.6. The maximum Gasteiger partial charge on any atom is 0.261 e. The molecule has 2 aromatic carbocycles. The third-order valence-electron chi connectivity index (χ3n) is 3.80. The summed E-state index contributed by atoms with van der Waals surface area (Å²) in [6, 6.07) is 15.6. The summed E-state index contributed by atoms with van der Waals surface area (Å²) in [5.74, 6) is 0.608. The van der Waals surface area contributed by atoms with E-state index in [-0.39, 0.29) is 15.9 Å². The third-order valence-corrected chi connectivity index (χ3v) is 6.03. The van der Waals surface area contributed by atoms with Gasteiger partial charge in [-0.05, 0) is 49.4 Å². The molecule has 10 heteroatoms. The average molecular weight is 482 g/mol. The average Bonchev–Trinajstić information content (AvgIpc) is 2.68. The van der Waals surface area contributed by atoms with Crippen molar-refractivity contribution in [2.45, 2.75) is 11.8 Å². The summed E-state index contributed by atoms with van der Waals surface area (Å²) >= 11 is 17.2. The molecule has 2 N–H and O–H groups in total. The first-order chi connectivity index (χ1) is 14.3. The Morgan fingerprint density at radius 1 is 1.10 bits per heavy atom. The Bertz CT molecular complexity index is 1170. The molecule has 3 aromatic rings. The second-order valence-corrected chi connectivity index (χ2v) is 8.98. The Labute approximate surface area is 190 Å². The highest BCUT2D eigenvalue weighted by atomic mass is 35.5. The van der Waals surface area contributed by atoms with Gasteiger partial charge in [0.1, 0.15) is 15.9 Å². The van der Waals surface area contributed by atoms with Crippen molar-refractivity contribution >= 4 is 56.1 Å². The third kappa shape index (κ3) is 5.82. The van der Waals surface area contributed by atoms with Crippen LogP contribution in [0, 0.1) is 0 Å². The predicted molar refractivity (Wildman–Crippen MR) is 123 cm³/mol. The van der Waals surface area contributed by atoms with E-state index in [4.69, 9.17) is 40.2 Å². The Balaban J connectivity index is 1.81. The van der Waals surface area contributed by atoms with Crippen molar-refractivity contribution in [1.29, 1.82) is 0 Å². The van der Waals surface area contributed by atoms with Gasteiger partial charge in [-0.25, -0.2) is 13.4 Å². The van der Waals surface area contributed by atoms with Gasteiger partial charge in [0.05, 0.1) is 10.6 Å². The van der Waals surface area contributed by atoms with E-state index in [2.05, 4.69) is 15.0 Å². The van der Waals surface area contributed by atoms with Crippen molar-refractivity contribution in [2.24, 2.45) is 0 Å². The Morgan fingerprint density at radius 3 is 2.53 bits per heavy atom. The highest BCUT2D eigenvalue weighted by Gasteiger charge is 2.15. The maximum absolute atomic E-state index is 12.6. The van der Waals surface area contributed by atoms with Gasteiger partial charge in [-0.15, -0.1) is 0 Å². The number of aromatic nitrogens is 1. The molecule has 0 aliphatic rings. The van der Waals surface area contributed by atoms with Crippen molar-refractivity contribution in [1.82, 2.24) is 10.3 Å². The summed E-state index contributed by atoms with van der Waals surface area (Å²) in [5, 5.41) is 3.71. The number of nitrogens with one attached hydrogen (secondary N) is 2. The molecule has 0 atom stereocenters. The van der Waals surface area contributed by atoms with Gasteiger partial charge in [-0.2, -0.15) is 0 Å². The summed E-state index contributed by atoms with van der Waals surface area (Å²) in [5.41, 5.74) is 0.995. The number of pyridine rings is 1. The van der Waals surface area contributed by atoms with E-state index in [1.54, 1.807) is 36.4 Å². The zero-order valence-electron chi connectivity index (χ0n) is 15.7. The lowest BCUT2D eigenvalue weighted by Crippen LogP contribution is -2.21. The first-order valence-corrected chi connectivity index (χ1v) is 11.4. The zero-order valence-corrected chi connectivity index (χ0v) is 18.9. The van der Waals surface area contributed by atoms with E-state index >= 15 is 0 Å². The van der Waals surface area contributed by atoms with Crippen molar-refractivity contribution in [3.8, 4) is 11.6 Å². The Kier molecular flexibility index (Phi) is 7.14. The highest BCUT2D eigenvalue weighted by molar-refractivity contribution is 7.92. The molecule has 1 heterocycles. The monoisotopic (exact) mass is 481 g/mol. The molecular formula is C20H17Cl2N3O3S2. The minimum atomic E-state index is -3.78. The first-order valence-electron chi connectivity index (χ1n) is 8.79. The van der Waals surface area contributed by atoms with Crippen LogP contribution in [0.4, 0.5) is 5.69 Å². The Hall–Kier alpha value is -2.39. The summed E-state index contributed by atoms with van der Waals surface area (Å²) in [6.45, 7) is 2.61. The van der Waals surface area contributed by atoms with Crippen LogP contribution >= 0.6 is 35.4 Å². The van der Waals surface area contributed by atoms with Crippen LogP contribution in [0.15, 0.2) is 65.6 Å². The van der Waals surface area contributed by atoms with E-state index in [1.807, 2.05) is 6.92 Å². The number of rotatable bonds is 7. The quantitative estimate of drug-likeness (QED) is 0.353. The lowest BCUT2D eigenvalue weighted by molar-refractivity contribution is 0.463. The van der Waals surface area contributed by atoms with E-state index in [9.17, 15) is 8.42 Å². The fourth-order valence-corrected chi connectivity index (χ4v) is 4.13. The number of anilines is 1. The molecule has 0 aliphatic carbocycles. The summed E-state index contributed by atoms with van der Waals surface area (Å²) < 4.78 is 33.4. The van der Waals surface area contributed by atoms with Gasteiger partial charge < -0.3 is 10.1 Å². The van der Waals surface area contributed by atoms with E-state index in [1.165, 1.54) is 24.3 Å². The topological polar surface area (TPSA) is 80.3 Å². The molecule has 0 radical (unpaired) electrons. The minimum absolute atomic E-state index is 0.0938. The second kappa shape index (κ2) is 9.61. The van der Waals surface area contributed by atoms with Crippen LogP contribution in [0.25, 0.3) is 0 Å². The standard InChI is InChI=1S/C20H17Cl2N3O3S2/c1-2-23-20(29)13-10-18(22)24-19(11-13)28-16-5-3-4-15(12-16)25-30(26,27)17-8-6-14(21)7-9-17/h3-12,25H,2H2,1H3,(H,23,29). The normalized spacial score (nSPS) is 11.0. The summed E-state index contributed by atoms with van der Waals surface area (Å²) in [4.78, 5) is 4.75. The fourth-order valence-electron chi connectivity index (χ4n) is 2.49. The molecule has 0 unspecified atom stereocenters. The Morgan fingerprint density at radius 2 is 1.83 bits per heavy atom. The van der Waals surface area contributed by atoms with Crippen molar-refractivity contribution < 1.29 is 13.2 Å². The first kappa shape index (κ1) is 22.3. The molecule has 156 valence electrons. The van der Waals surface area contributed by atoms with E-state index < -0.39 is 10.0 Å². The van der Waals surface area contributed by atoms with Crippen molar-refractivity contribution in [2.75, 3.05) is 11.3 Å².